The fraction of sp³-hybridized carbons (Fsp3) is 0.609. The Bertz CT molecular complexity index is 941. The van der Waals surface area contributed by atoms with Crippen molar-refractivity contribution < 1.29 is 14.6 Å². The van der Waals surface area contributed by atoms with Crippen LogP contribution in [0.25, 0.3) is 0 Å². The van der Waals surface area contributed by atoms with E-state index in [1.165, 1.54) is 0 Å². The predicted molar refractivity (Wildman–Crippen MR) is 119 cm³/mol. The van der Waals surface area contributed by atoms with Gasteiger partial charge in [-0.2, -0.15) is 0 Å². The van der Waals surface area contributed by atoms with Gasteiger partial charge in [0.05, 0.1) is 38.1 Å². The van der Waals surface area contributed by atoms with Gasteiger partial charge in [-0.25, -0.2) is 0 Å². The monoisotopic (exact) mass is 440 g/mol. The number of nitrogens with zero attached hydrogens (tertiary/aromatic N) is 6. The number of amides is 1. The molecule has 1 N–H and O–H groups in total. The number of aliphatic hydroxyl groups is 1. The highest BCUT2D eigenvalue weighted by molar-refractivity contribution is 5.80. The first-order chi connectivity index (χ1) is 15.7. The summed E-state index contributed by atoms with van der Waals surface area (Å²) >= 11 is 0. The Balaban J connectivity index is 1.17. The van der Waals surface area contributed by atoms with Crippen LogP contribution in [0, 0.1) is 11.8 Å². The Labute approximate surface area is 188 Å². The van der Waals surface area contributed by atoms with Gasteiger partial charge in [-0.15, -0.1) is 5.10 Å². The first kappa shape index (κ1) is 21.2. The highest BCUT2D eigenvalue weighted by Gasteiger charge is 2.44. The quantitative estimate of drug-likeness (QED) is 0.712. The molecule has 4 atom stereocenters. The molecule has 0 aliphatic carbocycles. The minimum atomic E-state index is -0.0854. The van der Waals surface area contributed by atoms with Gasteiger partial charge in [0.1, 0.15) is 11.4 Å². The zero-order valence-electron chi connectivity index (χ0n) is 18.6. The summed E-state index contributed by atoms with van der Waals surface area (Å²) < 4.78 is 7.34. The van der Waals surface area contributed by atoms with Crippen molar-refractivity contribution in [3.05, 3.63) is 36.2 Å². The lowest BCUT2D eigenvalue weighted by Crippen LogP contribution is -2.60. The van der Waals surface area contributed by atoms with E-state index >= 15 is 0 Å². The van der Waals surface area contributed by atoms with Crippen molar-refractivity contribution in [1.29, 1.82) is 0 Å². The number of methoxy groups -OCH3 is 1. The van der Waals surface area contributed by atoms with Gasteiger partial charge in [-0.3, -0.25) is 14.4 Å². The number of carbonyl (C=O) groups excluding carboxylic acids is 1. The smallest absolute Gasteiger partial charge is 0.227 e. The summed E-state index contributed by atoms with van der Waals surface area (Å²) in [4.78, 5) is 20.3. The minimum Gasteiger partial charge on any atom is -0.495 e. The lowest BCUT2D eigenvalue weighted by atomic mass is 9.75. The molecule has 2 bridgehead atoms. The molecular weight excluding hydrogens is 408 g/mol. The van der Waals surface area contributed by atoms with Crippen LogP contribution in [0.1, 0.15) is 18.5 Å². The van der Waals surface area contributed by atoms with Crippen molar-refractivity contribution in [3.8, 4) is 5.75 Å². The van der Waals surface area contributed by atoms with Crippen molar-refractivity contribution in [2.24, 2.45) is 11.8 Å². The topological polar surface area (TPSA) is 87.0 Å². The molecule has 4 saturated heterocycles. The van der Waals surface area contributed by atoms with Crippen LogP contribution in [-0.4, -0.2) is 88.2 Å². The SMILES string of the molecule is COc1ccccc1N1CCN(C(=O)[C@@H]2CN3CC[C@H]2C[C@@H]3Cn2cc(CO)nn2)CC1. The second kappa shape index (κ2) is 9.07. The van der Waals surface area contributed by atoms with E-state index in [1.54, 1.807) is 7.11 Å². The van der Waals surface area contributed by atoms with E-state index in [9.17, 15) is 9.90 Å². The predicted octanol–water partition coefficient (Wildman–Crippen LogP) is 0.838. The summed E-state index contributed by atoms with van der Waals surface area (Å²) in [5.41, 5.74) is 1.70. The zero-order valence-corrected chi connectivity index (χ0v) is 18.6. The number of piperidine rings is 3. The zero-order chi connectivity index (χ0) is 22.1. The second-order valence-electron chi connectivity index (χ2n) is 9.11. The molecule has 4 aliphatic rings. The molecule has 0 spiro atoms. The number of piperazine rings is 1. The van der Waals surface area contributed by atoms with Gasteiger partial charge in [0.2, 0.25) is 5.91 Å². The maximum Gasteiger partial charge on any atom is 0.227 e. The number of carbonyl (C=O) groups is 1. The van der Waals surface area contributed by atoms with Gasteiger partial charge in [0.15, 0.2) is 0 Å². The molecule has 9 nitrogen and oxygen atoms in total. The fourth-order valence-electron chi connectivity index (χ4n) is 5.62. The lowest BCUT2D eigenvalue weighted by molar-refractivity contribution is -0.144. The molecule has 1 aromatic carbocycles. The number of ether oxygens (including phenoxy) is 1. The highest BCUT2D eigenvalue weighted by atomic mass is 16.5. The third kappa shape index (κ3) is 4.06. The van der Waals surface area contributed by atoms with Crippen LogP contribution in [0.4, 0.5) is 5.69 Å². The van der Waals surface area contributed by atoms with Crippen LogP contribution in [0.5, 0.6) is 5.75 Å². The van der Waals surface area contributed by atoms with Crippen LogP contribution in [0.2, 0.25) is 0 Å². The summed E-state index contributed by atoms with van der Waals surface area (Å²) in [5.74, 6) is 1.74. The molecule has 6 rings (SSSR count). The van der Waals surface area contributed by atoms with Gasteiger partial charge in [-0.1, -0.05) is 17.3 Å². The molecule has 2 aromatic rings. The van der Waals surface area contributed by atoms with Crippen molar-refractivity contribution in [2.45, 2.75) is 32.0 Å². The fourth-order valence-corrected chi connectivity index (χ4v) is 5.62. The number of benzene rings is 1. The van der Waals surface area contributed by atoms with E-state index in [2.05, 4.69) is 31.1 Å². The van der Waals surface area contributed by atoms with Crippen molar-refractivity contribution in [2.75, 3.05) is 51.3 Å². The van der Waals surface area contributed by atoms with Gasteiger partial charge in [-0.05, 0) is 37.4 Å². The van der Waals surface area contributed by atoms with Gasteiger partial charge in [0, 0.05) is 38.8 Å². The number of aromatic nitrogens is 3. The Morgan fingerprint density at radius 1 is 1.19 bits per heavy atom. The average molecular weight is 441 g/mol. The van der Waals surface area contributed by atoms with E-state index in [4.69, 9.17) is 4.74 Å². The molecule has 9 heteroatoms. The number of para-hydroxylation sites is 2. The molecule has 172 valence electrons. The summed E-state index contributed by atoms with van der Waals surface area (Å²) in [5, 5.41) is 17.3. The van der Waals surface area contributed by atoms with E-state index in [-0.39, 0.29) is 12.5 Å². The molecule has 4 aliphatic heterocycles. The number of anilines is 1. The number of rotatable bonds is 6. The van der Waals surface area contributed by atoms with Gasteiger partial charge in [0.25, 0.3) is 0 Å². The van der Waals surface area contributed by atoms with Gasteiger partial charge < -0.3 is 19.6 Å². The Morgan fingerprint density at radius 3 is 2.69 bits per heavy atom. The molecule has 0 radical (unpaired) electrons. The molecule has 1 aromatic heterocycles. The highest BCUT2D eigenvalue weighted by Crippen LogP contribution is 2.38. The first-order valence-electron chi connectivity index (χ1n) is 11.6. The maximum absolute atomic E-state index is 13.4. The normalized spacial score (nSPS) is 27.6. The van der Waals surface area contributed by atoms with E-state index in [0.717, 1.165) is 70.1 Å². The molecule has 32 heavy (non-hydrogen) atoms. The van der Waals surface area contributed by atoms with Gasteiger partial charge >= 0.3 is 0 Å². The second-order valence-corrected chi connectivity index (χ2v) is 9.11. The van der Waals surface area contributed by atoms with Crippen LogP contribution in [0.15, 0.2) is 30.5 Å². The van der Waals surface area contributed by atoms with Crippen molar-refractivity contribution >= 4 is 11.6 Å². The average Bonchev–Trinajstić information content (AvgIpc) is 3.31. The lowest BCUT2D eigenvalue weighted by Gasteiger charge is -2.50. The third-order valence-electron chi connectivity index (χ3n) is 7.36. The standard InChI is InChI=1S/C23H32N6O3/c1-32-22-5-3-2-4-21(22)26-8-10-27(11-9-26)23(31)20-15-28-7-6-17(20)12-19(28)14-29-13-18(16-30)24-25-29/h2-5,13,17,19-20,30H,6-12,14-16H2,1H3/t17-,19+,20+/m0/s1. The molecule has 0 saturated carbocycles. The van der Waals surface area contributed by atoms with Crippen LogP contribution >= 0.6 is 0 Å². The largest absolute Gasteiger partial charge is 0.495 e. The number of aliphatic hydroxyl groups excluding tert-OH is 1. The first-order valence-corrected chi connectivity index (χ1v) is 11.6. The molecule has 1 unspecified atom stereocenters. The maximum atomic E-state index is 13.4. The minimum absolute atomic E-state index is 0.0854. The third-order valence-corrected chi connectivity index (χ3v) is 7.36. The van der Waals surface area contributed by atoms with Crippen LogP contribution < -0.4 is 9.64 Å². The Hall–Kier alpha value is -2.65. The Morgan fingerprint density at radius 2 is 2.00 bits per heavy atom. The number of hydrogen-bond acceptors (Lipinski definition) is 7. The van der Waals surface area contributed by atoms with E-state index in [1.807, 2.05) is 29.1 Å². The summed E-state index contributed by atoms with van der Waals surface area (Å²) in [6.07, 6.45) is 3.92. The Kier molecular flexibility index (Phi) is 6.01. The van der Waals surface area contributed by atoms with E-state index in [0.29, 0.717) is 23.6 Å². The van der Waals surface area contributed by atoms with Crippen molar-refractivity contribution in [3.63, 3.8) is 0 Å². The summed E-state index contributed by atoms with van der Waals surface area (Å²) in [7, 11) is 1.70. The summed E-state index contributed by atoms with van der Waals surface area (Å²) in [6, 6.07) is 8.47. The number of fused-ring (bicyclic) bond motifs is 3. The number of hydrogen-bond donors (Lipinski definition) is 1. The molecular formula is C23H32N6O3. The molecule has 4 fully saturated rings. The van der Waals surface area contributed by atoms with Crippen molar-refractivity contribution in [1.82, 2.24) is 24.8 Å². The molecule has 5 heterocycles. The van der Waals surface area contributed by atoms with E-state index < -0.39 is 0 Å². The molecule has 1 amide bonds. The van der Waals surface area contributed by atoms with Crippen LogP contribution in [-0.2, 0) is 17.9 Å². The summed E-state index contributed by atoms with van der Waals surface area (Å²) in [6.45, 7) is 5.73. The van der Waals surface area contributed by atoms with Crippen LogP contribution in [0.3, 0.4) is 0 Å².